The molecule has 2 atom stereocenters. The van der Waals surface area contributed by atoms with Gasteiger partial charge in [-0.2, -0.15) is 11.8 Å². The quantitative estimate of drug-likeness (QED) is 0.716. The Morgan fingerprint density at radius 2 is 2.29 bits per heavy atom. The first-order chi connectivity index (χ1) is 6.65. The molecule has 4 nitrogen and oxygen atoms in total. The summed E-state index contributed by atoms with van der Waals surface area (Å²) in [6, 6.07) is 0. The van der Waals surface area contributed by atoms with E-state index in [9.17, 15) is 9.59 Å². The first-order valence-electron chi connectivity index (χ1n) is 4.52. The fourth-order valence-electron chi connectivity index (χ4n) is 1.62. The normalized spacial score (nSPS) is 26.9. The molecule has 1 rings (SSSR count). The summed E-state index contributed by atoms with van der Waals surface area (Å²) in [5, 5.41) is 8.93. The fraction of sp³-hybridized carbons (Fsp3) is 0.778. The van der Waals surface area contributed by atoms with Gasteiger partial charge < -0.3 is 9.84 Å². The van der Waals surface area contributed by atoms with Crippen LogP contribution in [0.15, 0.2) is 0 Å². The van der Waals surface area contributed by atoms with Gasteiger partial charge in [0.25, 0.3) is 0 Å². The average molecular weight is 218 g/mol. The fourth-order valence-corrected chi connectivity index (χ4v) is 2.86. The molecule has 0 amide bonds. The van der Waals surface area contributed by atoms with E-state index in [0.29, 0.717) is 6.42 Å². The average Bonchev–Trinajstić information content (AvgIpc) is 2.18. The molecule has 1 saturated heterocycles. The molecule has 0 bridgehead atoms. The van der Waals surface area contributed by atoms with Gasteiger partial charge in [0.1, 0.15) is 0 Å². The van der Waals surface area contributed by atoms with Gasteiger partial charge in [0.2, 0.25) is 0 Å². The van der Waals surface area contributed by atoms with E-state index < -0.39 is 5.97 Å². The Kier molecular flexibility index (Phi) is 4.25. The van der Waals surface area contributed by atoms with Crippen molar-refractivity contribution in [1.82, 2.24) is 0 Å². The molecule has 0 aliphatic carbocycles. The van der Waals surface area contributed by atoms with E-state index in [2.05, 4.69) is 4.74 Å². The third kappa shape index (κ3) is 2.90. The lowest BCUT2D eigenvalue weighted by Gasteiger charge is -2.27. The second-order valence-corrected chi connectivity index (χ2v) is 4.50. The summed E-state index contributed by atoms with van der Waals surface area (Å²) < 4.78 is 4.54. The van der Waals surface area contributed by atoms with E-state index in [1.807, 2.05) is 0 Å². The smallest absolute Gasteiger partial charge is 0.306 e. The van der Waals surface area contributed by atoms with Crippen molar-refractivity contribution in [2.24, 2.45) is 11.8 Å². The second-order valence-electron chi connectivity index (χ2n) is 3.35. The molecule has 0 saturated carbocycles. The Bertz CT molecular complexity index is 229. The molecule has 1 aliphatic rings. The summed E-state index contributed by atoms with van der Waals surface area (Å²) in [5.41, 5.74) is 0. The molecule has 1 N–H and O–H groups in total. The summed E-state index contributed by atoms with van der Waals surface area (Å²) in [6.07, 6.45) is 0.877. The van der Waals surface area contributed by atoms with Crippen LogP contribution >= 0.6 is 11.8 Å². The summed E-state index contributed by atoms with van der Waals surface area (Å²) >= 11 is 1.71. The number of carbonyl (C=O) groups is 2. The number of ether oxygens (including phenoxy) is 1. The number of thioether (sulfide) groups is 1. The molecule has 0 aromatic rings. The number of hydrogen-bond acceptors (Lipinski definition) is 4. The van der Waals surface area contributed by atoms with Crippen molar-refractivity contribution in [1.29, 1.82) is 0 Å². The summed E-state index contributed by atoms with van der Waals surface area (Å²) in [7, 11) is 1.33. The maximum atomic E-state index is 11.0. The maximum Gasteiger partial charge on any atom is 0.306 e. The highest BCUT2D eigenvalue weighted by Gasteiger charge is 2.32. The van der Waals surface area contributed by atoms with Crippen LogP contribution in [0.1, 0.15) is 12.8 Å². The number of methoxy groups -OCH3 is 1. The minimum Gasteiger partial charge on any atom is -0.481 e. The maximum absolute atomic E-state index is 11.0. The van der Waals surface area contributed by atoms with Crippen LogP contribution in [0.25, 0.3) is 0 Å². The second kappa shape index (κ2) is 5.24. The van der Waals surface area contributed by atoms with Gasteiger partial charge in [-0.15, -0.1) is 0 Å². The minimum absolute atomic E-state index is 0.0706. The first-order valence-corrected chi connectivity index (χ1v) is 5.68. The van der Waals surface area contributed by atoms with Gasteiger partial charge in [0, 0.05) is 6.42 Å². The van der Waals surface area contributed by atoms with Crippen LogP contribution in [0.2, 0.25) is 0 Å². The number of carboxylic acid groups (broad SMARTS) is 1. The first kappa shape index (κ1) is 11.4. The van der Waals surface area contributed by atoms with Crippen LogP contribution in [0, 0.1) is 11.8 Å². The molecule has 0 aromatic heterocycles. The van der Waals surface area contributed by atoms with Crippen LogP contribution in [-0.4, -0.2) is 35.7 Å². The molecule has 14 heavy (non-hydrogen) atoms. The summed E-state index contributed by atoms with van der Waals surface area (Å²) in [5.74, 6) is 0.0535. The van der Waals surface area contributed by atoms with E-state index in [0.717, 1.165) is 11.5 Å². The van der Waals surface area contributed by atoms with Crippen molar-refractivity contribution >= 4 is 23.7 Å². The van der Waals surface area contributed by atoms with Crippen molar-refractivity contribution in [2.45, 2.75) is 12.8 Å². The molecular formula is C9H14O4S. The van der Waals surface area contributed by atoms with Gasteiger partial charge in [0.15, 0.2) is 0 Å². The van der Waals surface area contributed by atoms with Crippen molar-refractivity contribution in [2.75, 3.05) is 18.6 Å². The van der Waals surface area contributed by atoms with Crippen molar-refractivity contribution < 1.29 is 19.4 Å². The van der Waals surface area contributed by atoms with E-state index in [4.69, 9.17) is 5.11 Å². The van der Waals surface area contributed by atoms with Gasteiger partial charge in [-0.05, 0) is 23.8 Å². The minimum atomic E-state index is -0.792. The van der Waals surface area contributed by atoms with Crippen LogP contribution in [-0.2, 0) is 14.3 Å². The molecule has 2 unspecified atom stereocenters. The highest BCUT2D eigenvalue weighted by atomic mass is 32.2. The zero-order chi connectivity index (χ0) is 10.6. The lowest BCUT2D eigenvalue weighted by molar-refractivity contribution is -0.146. The monoisotopic (exact) mass is 218 g/mol. The lowest BCUT2D eigenvalue weighted by atomic mass is 9.88. The zero-order valence-corrected chi connectivity index (χ0v) is 8.88. The largest absolute Gasteiger partial charge is 0.481 e. The summed E-state index contributed by atoms with van der Waals surface area (Å²) in [4.78, 5) is 21.9. The standard InChI is InChI=1S/C9H14O4S/c1-13-8(10)4-6-5-14-3-2-7(6)9(11)12/h6-7H,2-5H2,1H3,(H,11,12). The van der Waals surface area contributed by atoms with Crippen LogP contribution < -0.4 is 0 Å². The molecule has 5 heteroatoms. The van der Waals surface area contributed by atoms with Gasteiger partial charge in [-0.1, -0.05) is 0 Å². The number of aliphatic carboxylic acids is 1. The number of rotatable bonds is 3. The van der Waals surface area contributed by atoms with E-state index >= 15 is 0 Å². The summed E-state index contributed by atoms with van der Waals surface area (Å²) in [6.45, 7) is 0. The van der Waals surface area contributed by atoms with Crippen LogP contribution in [0.3, 0.4) is 0 Å². The van der Waals surface area contributed by atoms with Crippen molar-refractivity contribution in [3.8, 4) is 0 Å². The number of carbonyl (C=O) groups excluding carboxylic acids is 1. The van der Waals surface area contributed by atoms with Crippen molar-refractivity contribution in [3.05, 3.63) is 0 Å². The third-order valence-electron chi connectivity index (χ3n) is 2.45. The Labute approximate surface area is 87.0 Å². The SMILES string of the molecule is COC(=O)CC1CSCCC1C(=O)O. The number of hydrogen-bond donors (Lipinski definition) is 1. The molecule has 0 aromatic carbocycles. The van der Waals surface area contributed by atoms with Gasteiger partial charge >= 0.3 is 11.9 Å². The predicted octanol–water partition coefficient (Wildman–Crippen LogP) is 1.00. The highest BCUT2D eigenvalue weighted by molar-refractivity contribution is 7.99. The number of esters is 1. The molecule has 80 valence electrons. The van der Waals surface area contributed by atoms with Crippen LogP contribution in [0.5, 0.6) is 0 Å². The van der Waals surface area contributed by atoms with Gasteiger partial charge in [-0.25, -0.2) is 0 Å². The molecular weight excluding hydrogens is 204 g/mol. The Morgan fingerprint density at radius 1 is 1.57 bits per heavy atom. The van der Waals surface area contributed by atoms with Crippen molar-refractivity contribution in [3.63, 3.8) is 0 Å². The van der Waals surface area contributed by atoms with Gasteiger partial charge in [0.05, 0.1) is 13.0 Å². The predicted molar refractivity (Wildman–Crippen MR) is 53.2 cm³/mol. The Morgan fingerprint density at radius 3 is 2.86 bits per heavy atom. The van der Waals surface area contributed by atoms with Crippen LogP contribution in [0.4, 0.5) is 0 Å². The van der Waals surface area contributed by atoms with E-state index in [1.54, 1.807) is 11.8 Å². The molecule has 0 spiro atoms. The zero-order valence-electron chi connectivity index (χ0n) is 8.06. The highest BCUT2D eigenvalue weighted by Crippen LogP contribution is 2.31. The molecule has 1 heterocycles. The molecule has 1 aliphatic heterocycles. The van der Waals surface area contributed by atoms with E-state index in [1.165, 1.54) is 7.11 Å². The topological polar surface area (TPSA) is 63.6 Å². The van der Waals surface area contributed by atoms with E-state index in [-0.39, 0.29) is 24.2 Å². The Hall–Kier alpha value is -0.710. The number of carboxylic acids is 1. The Balaban J connectivity index is 2.54. The molecule has 0 radical (unpaired) electrons. The van der Waals surface area contributed by atoms with Gasteiger partial charge in [-0.3, -0.25) is 9.59 Å². The lowest BCUT2D eigenvalue weighted by Crippen LogP contribution is -2.31. The molecule has 1 fully saturated rings. The third-order valence-corrected chi connectivity index (χ3v) is 3.64.